The van der Waals surface area contributed by atoms with Crippen LogP contribution < -0.4 is 5.56 Å². The van der Waals surface area contributed by atoms with Crippen molar-refractivity contribution in [2.45, 2.75) is 38.9 Å². The van der Waals surface area contributed by atoms with Crippen molar-refractivity contribution in [2.75, 3.05) is 0 Å². The Balaban J connectivity index is 1.73. The molecule has 4 aromatic rings. The summed E-state index contributed by atoms with van der Waals surface area (Å²) in [5.74, 6) is 0.493. The second-order valence-corrected chi connectivity index (χ2v) is 9.59. The summed E-state index contributed by atoms with van der Waals surface area (Å²) in [7, 11) is 0. The van der Waals surface area contributed by atoms with Crippen molar-refractivity contribution >= 4 is 28.4 Å². The Morgan fingerprint density at radius 2 is 1.62 bits per heavy atom. The molecule has 1 aromatic heterocycles. The maximum Gasteiger partial charge on any atom is 0.262 e. The first kappa shape index (κ1) is 22.4. The number of hydrogen-bond donors (Lipinski definition) is 0. The van der Waals surface area contributed by atoms with Gasteiger partial charge in [-0.25, -0.2) is 4.98 Å². The molecule has 0 bridgehead atoms. The van der Waals surface area contributed by atoms with Crippen molar-refractivity contribution < 1.29 is 4.79 Å². The molecule has 6 heteroatoms. The predicted octanol–water partition coefficient (Wildman–Crippen LogP) is 5.57. The lowest BCUT2D eigenvalue weighted by molar-refractivity contribution is -0.142. The third-order valence-electron chi connectivity index (χ3n) is 6.47. The van der Waals surface area contributed by atoms with Gasteiger partial charge in [-0.15, -0.1) is 0 Å². The number of nitrogens with zero attached hydrogens (tertiary/aromatic N) is 3. The molecule has 0 saturated heterocycles. The Kier molecular flexibility index (Phi) is 5.96. The van der Waals surface area contributed by atoms with Crippen LogP contribution in [0, 0.1) is 5.92 Å². The summed E-state index contributed by atoms with van der Waals surface area (Å²) in [5.41, 5.74) is 2.50. The molecule has 0 saturated carbocycles. The quantitative estimate of drug-likeness (QED) is 0.382. The fraction of sp³-hybridized carbons (Fsp3) is 0.250. The van der Waals surface area contributed by atoms with Gasteiger partial charge < -0.3 is 4.90 Å². The van der Waals surface area contributed by atoms with Crippen LogP contribution >= 0.6 is 11.6 Å². The van der Waals surface area contributed by atoms with Crippen molar-refractivity contribution in [1.29, 1.82) is 0 Å². The standard InChI is InChI=1S/C28H26ClN3O2/c1-18(2)25-28(34)31(17-19-9-4-3-5-10-19)24(16-20-11-8-12-21(29)15-20)26-30-23-14-7-6-13-22(23)27(33)32(25)26/h3-15,18,24-25H,16-17H2,1-2H3/t24-,25+/m1/s1. The molecular formula is C28H26ClN3O2. The molecule has 5 rings (SSSR count). The first-order chi connectivity index (χ1) is 16.4. The number of fused-ring (bicyclic) bond motifs is 2. The van der Waals surface area contributed by atoms with E-state index in [-0.39, 0.29) is 17.4 Å². The van der Waals surface area contributed by atoms with E-state index in [1.165, 1.54) is 0 Å². The molecule has 0 aliphatic carbocycles. The van der Waals surface area contributed by atoms with Crippen LogP contribution in [0.3, 0.4) is 0 Å². The zero-order chi connectivity index (χ0) is 23.8. The Labute approximate surface area is 203 Å². The molecule has 2 atom stereocenters. The normalized spacial score (nSPS) is 17.9. The fourth-order valence-electron chi connectivity index (χ4n) is 4.88. The number of carbonyl (C=O) groups is 1. The van der Waals surface area contributed by atoms with E-state index in [1.54, 1.807) is 10.6 Å². The molecule has 3 aromatic carbocycles. The molecule has 1 aliphatic heterocycles. The van der Waals surface area contributed by atoms with Gasteiger partial charge in [-0.05, 0) is 41.3 Å². The summed E-state index contributed by atoms with van der Waals surface area (Å²) < 4.78 is 1.64. The minimum Gasteiger partial charge on any atom is -0.326 e. The van der Waals surface area contributed by atoms with Gasteiger partial charge in [0.2, 0.25) is 5.91 Å². The van der Waals surface area contributed by atoms with Crippen LogP contribution in [-0.4, -0.2) is 20.4 Å². The van der Waals surface area contributed by atoms with Crippen molar-refractivity contribution in [3.63, 3.8) is 0 Å². The van der Waals surface area contributed by atoms with E-state index in [9.17, 15) is 9.59 Å². The SMILES string of the molecule is CC(C)[C@H]1C(=O)N(Cc2ccccc2)[C@H](Cc2cccc(Cl)c2)c2nc3ccccc3c(=O)n21. The van der Waals surface area contributed by atoms with Crippen LogP contribution in [0.15, 0.2) is 83.7 Å². The predicted molar refractivity (Wildman–Crippen MR) is 135 cm³/mol. The smallest absolute Gasteiger partial charge is 0.262 e. The van der Waals surface area contributed by atoms with Gasteiger partial charge in [0, 0.05) is 18.0 Å². The second kappa shape index (κ2) is 9.07. The van der Waals surface area contributed by atoms with E-state index in [0.717, 1.165) is 11.1 Å². The summed E-state index contributed by atoms with van der Waals surface area (Å²) in [6.45, 7) is 4.40. The van der Waals surface area contributed by atoms with Gasteiger partial charge in [0.05, 0.1) is 16.9 Å². The van der Waals surface area contributed by atoms with Crippen LogP contribution in [0.5, 0.6) is 0 Å². The van der Waals surface area contributed by atoms with Gasteiger partial charge in [-0.2, -0.15) is 0 Å². The van der Waals surface area contributed by atoms with E-state index in [1.807, 2.05) is 91.5 Å². The summed E-state index contributed by atoms with van der Waals surface area (Å²) in [6.07, 6.45) is 0.509. The maximum absolute atomic E-state index is 14.0. The molecule has 5 nitrogen and oxygen atoms in total. The molecule has 0 spiro atoms. The second-order valence-electron chi connectivity index (χ2n) is 9.15. The molecule has 0 radical (unpaired) electrons. The van der Waals surface area contributed by atoms with Gasteiger partial charge in [0.1, 0.15) is 11.9 Å². The lowest BCUT2D eigenvalue weighted by Gasteiger charge is -2.42. The summed E-state index contributed by atoms with van der Waals surface area (Å²) >= 11 is 6.27. The number of carbonyl (C=O) groups excluding carboxylic acids is 1. The Morgan fingerprint density at radius 3 is 2.35 bits per heavy atom. The third kappa shape index (κ3) is 4.01. The molecule has 2 heterocycles. The monoisotopic (exact) mass is 471 g/mol. The number of rotatable bonds is 5. The molecule has 172 valence electrons. The highest BCUT2D eigenvalue weighted by Crippen LogP contribution is 2.37. The van der Waals surface area contributed by atoms with Crippen LogP contribution in [0.25, 0.3) is 10.9 Å². The molecular weight excluding hydrogens is 446 g/mol. The van der Waals surface area contributed by atoms with E-state index < -0.39 is 12.1 Å². The van der Waals surface area contributed by atoms with Crippen molar-refractivity contribution in [2.24, 2.45) is 5.92 Å². The zero-order valence-electron chi connectivity index (χ0n) is 19.2. The van der Waals surface area contributed by atoms with Gasteiger partial charge >= 0.3 is 0 Å². The van der Waals surface area contributed by atoms with E-state index in [4.69, 9.17) is 16.6 Å². The Bertz CT molecular complexity index is 1410. The average molecular weight is 472 g/mol. The van der Waals surface area contributed by atoms with Crippen molar-refractivity contribution in [1.82, 2.24) is 14.5 Å². The Hall–Kier alpha value is -3.44. The van der Waals surface area contributed by atoms with Crippen LogP contribution in [0.2, 0.25) is 5.02 Å². The highest BCUT2D eigenvalue weighted by Gasteiger charge is 2.42. The zero-order valence-corrected chi connectivity index (χ0v) is 19.9. The third-order valence-corrected chi connectivity index (χ3v) is 6.70. The van der Waals surface area contributed by atoms with Crippen LogP contribution in [-0.2, 0) is 17.8 Å². The largest absolute Gasteiger partial charge is 0.326 e. The first-order valence-electron chi connectivity index (χ1n) is 11.5. The molecule has 0 fully saturated rings. The average Bonchev–Trinajstić information content (AvgIpc) is 2.83. The van der Waals surface area contributed by atoms with Crippen LogP contribution in [0.1, 0.15) is 42.9 Å². The highest BCUT2D eigenvalue weighted by atomic mass is 35.5. The molecule has 0 N–H and O–H groups in total. The summed E-state index contributed by atoms with van der Waals surface area (Å²) in [6, 6.07) is 23.9. The molecule has 34 heavy (non-hydrogen) atoms. The van der Waals surface area contributed by atoms with E-state index in [2.05, 4.69) is 0 Å². The minimum atomic E-state index is -0.612. The summed E-state index contributed by atoms with van der Waals surface area (Å²) in [5, 5.41) is 1.17. The van der Waals surface area contributed by atoms with Crippen molar-refractivity contribution in [3.05, 3.63) is 111 Å². The Morgan fingerprint density at radius 1 is 0.912 bits per heavy atom. The van der Waals surface area contributed by atoms with E-state index >= 15 is 0 Å². The lowest BCUT2D eigenvalue weighted by Crippen LogP contribution is -2.51. The van der Waals surface area contributed by atoms with E-state index in [0.29, 0.717) is 34.7 Å². The number of amides is 1. The molecule has 0 unspecified atom stereocenters. The maximum atomic E-state index is 14.0. The van der Waals surface area contributed by atoms with Gasteiger partial charge in [0.25, 0.3) is 5.56 Å². The minimum absolute atomic E-state index is 0.0578. The highest BCUT2D eigenvalue weighted by molar-refractivity contribution is 6.30. The number of hydrogen-bond acceptors (Lipinski definition) is 3. The van der Waals surface area contributed by atoms with Gasteiger partial charge in [-0.3, -0.25) is 14.2 Å². The number of para-hydroxylation sites is 1. The fourth-order valence-corrected chi connectivity index (χ4v) is 5.09. The topological polar surface area (TPSA) is 55.2 Å². The number of aromatic nitrogens is 2. The van der Waals surface area contributed by atoms with Gasteiger partial charge in [0.15, 0.2) is 0 Å². The number of benzene rings is 3. The first-order valence-corrected chi connectivity index (χ1v) is 11.9. The molecule has 1 aliphatic rings. The lowest BCUT2D eigenvalue weighted by atomic mass is 9.93. The van der Waals surface area contributed by atoms with Gasteiger partial charge in [-0.1, -0.05) is 80.0 Å². The van der Waals surface area contributed by atoms with Crippen LogP contribution in [0.4, 0.5) is 0 Å². The summed E-state index contributed by atoms with van der Waals surface area (Å²) in [4.78, 5) is 34.5. The molecule has 1 amide bonds. The number of halogens is 1. The van der Waals surface area contributed by atoms with Crippen molar-refractivity contribution in [3.8, 4) is 0 Å².